The molecule has 6 atom stereocenters. The number of benzene rings is 1. The molecule has 238 valence electrons. The lowest BCUT2D eigenvalue weighted by atomic mass is 9.71. The van der Waals surface area contributed by atoms with Crippen molar-refractivity contribution in [2.75, 3.05) is 39.8 Å². The lowest BCUT2D eigenvalue weighted by Crippen LogP contribution is -2.44. The van der Waals surface area contributed by atoms with Gasteiger partial charge in [-0.25, -0.2) is 0 Å². The fourth-order valence-corrected chi connectivity index (χ4v) is 6.17. The van der Waals surface area contributed by atoms with E-state index in [4.69, 9.17) is 15.2 Å². The van der Waals surface area contributed by atoms with Crippen LogP contribution >= 0.6 is 0 Å². The molecule has 2 aliphatic rings. The molecule has 0 spiro atoms. The molecule has 1 saturated heterocycles. The van der Waals surface area contributed by atoms with Crippen molar-refractivity contribution in [3.8, 4) is 11.5 Å². The molecule has 3 rings (SSSR count). The number of carbonyl (C=O) groups is 1. The highest BCUT2D eigenvalue weighted by atomic mass is 16.5. The summed E-state index contributed by atoms with van der Waals surface area (Å²) in [6, 6.07) is 5.39. The van der Waals surface area contributed by atoms with Crippen molar-refractivity contribution in [3.05, 3.63) is 23.8 Å². The Bertz CT molecular complexity index is 987. The maximum atomic E-state index is 11.9. The van der Waals surface area contributed by atoms with E-state index in [-0.39, 0.29) is 29.7 Å². The number of ether oxygens (including phenoxy) is 2. The molecular formula is C31H53N5O6. The molecule has 1 saturated carbocycles. The van der Waals surface area contributed by atoms with Gasteiger partial charge in [-0.15, -0.1) is 0 Å². The number of esters is 1. The summed E-state index contributed by atoms with van der Waals surface area (Å²) in [5, 5.41) is 41.2. The SMILES string of the molecule is CN=C(N)NC[C@@H]1C[C@H]([C@H](O)C[C@@H](CCc2ccc(O)c(OC3CCNCC3)c2)OC(C)=O)CC[C@@H]1CNC[C@H](C)O. The van der Waals surface area contributed by atoms with Crippen molar-refractivity contribution in [3.63, 3.8) is 0 Å². The summed E-state index contributed by atoms with van der Waals surface area (Å²) in [5.74, 6) is 1.35. The molecular weight excluding hydrogens is 538 g/mol. The number of guanidine groups is 1. The van der Waals surface area contributed by atoms with Crippen LogP contribution in [0.3, 0.4) is 0 Å². The van der Waals surface area contributed by atoms with Crippen molar-refractivity contribution < 1.29 is 29.6 Å². The highest BCUT2D eigenvalue weighted by Crippen LogP contribution is 2.37. The van der Waals surface area contributed by atoms with Gasteiger partial charge in [0.25, 0.3) is 0 Å². The van der Waals surface area contributed by atoms with Gasteiger partial charge in [-0.3, -0.25) is 9.79 Å². The van der Waals surface area contributed by atoms with E-state index in [1.54, 1.807) is 20.0 Å². The predicted octanol–water partition coefficient (Wildman–Crippen LogP) is 1.68. The molecule has 8 N–H and O–H groups in total. The summed E-state index contributed by atoms with van der Waals surface area (Å²) in [4.78, 5) is 15.9. The van der Waals surface area contributed by atoms with Gasteiger partial charge in [0, 0.05) is 33.5 Å². The average Bonchev–Trinajstić information content (AvgIpc) is 2.96. The fraction of sp³-hybridized carbons (Fsp3) is 0.742. The van der Waals surface area contributed by atoms with E-state index in [0.29, 0.717) is 50.0 Å². The summed E-state index contributed by atoms with van der Waals surface area (Å²) in [6.45, 7) is 6.95. The van der Waals surface area contributed by atoms with Crippen LogP contribution in [-0.4, -0.2) is 91.4 Å². The number of aryl methyl sites for hydroxylation is 1. The lowest BCUT2D eigenvalue weighted by molar-refractivity contribution is -0.148. The molecule has 0 radical (unpaired) electrons. The number of aliphatic hydroxyl groups excluding tert-OH is 2. The Balaban J connectivity index is 1.59. The lowest BCUT2D eigenvalue weighted by Gasteiger charge is -2.39. The number of rotatable bonds is 15. The third-order valence-corrected chi connectivity index (χ3v) is 8.55. The topological polar surface area (TPSA) is 171 Å². The number of hydrogen-bond donors (Lipinski definition) is 7. The second-order valence-corrected chi connectivity index (χ2v) is 12.0. The number of aromatic hydroxyl groups is 1. The number of phenols is 1. The number of nitrogens with one attached hydrogen (secondary N) is 3. The molecule has 11 heteroatoms. The molecule has 2 fully saturated rings. The van der Waals surface area contributed by atoms with Crippen LogP contribution in [0, 0.1) is 17.8 Å². The van der Waals surface area contributed by atoms with Crippen LogP contribution in [0.2, 0.25) is 0 Å². The van der Waals surface area contributed by atoms with Gasteiger partial charge in [-0.1, -0.05) is 6.07 Å². The smallest absolute Gasteiger partial charge is 0.302 e. The zero-order valence-electron chi connectivity index (χ0n) is 25.6. The molecule has 11 nitrogen and oxygen atoms in total. The number of carbonyl (C=O) groups excluding carboxylic acids is 1. The Morgan fingerprint density at radius 2 is 1.93 bits per heavy atom. The van der Waals surface area contributed by atoms with E-state index in [2.05, 4.69) is 20.9 Å². The summed E-state index contributed by atoms with van der Waals surface area (Å²) >= 11 is 0. The second kappa shape index (κ2) is 17.5. The number of phenolic OH excluding ortho intramolecular Hbond substituents is 1. The molecule has 0 unspecified atom stereocenters. The average molecular weight is 592 g/mol. The Labute approximate surface area is 250 Å². The minimum absolute atomic E-state index is 0.0707. The van der Waals surface area contributed by atoms with Crippen LogP contribution in [0.5, 0.6) is 11.5 Å². The molecule has 1 aromatic rings. The van der Waals surface area contributed by atoms with Gasteiger partial charge in [-0.2, -0.15) is 0 Å². The van der Waals surface area contributed by atoms with E-state index in [1.165, 1.54) is 6.92 Å². The molecule has 1 aliphatic heterocycles. The largest absolute Gasteiger partial charge is 0.504 e. The number of piperidine rings is 1. The highest BCUT2D eigenvalue weighted by Gasteiger charge is 2.35. The zero-order chi connectivity index (χ0) is 30.5. The van der Waals surface area contributed by atoms with Crippen LogP contribution in [-0.2, 0) is 16.0 Å². The van der Waals surface area contributed by atoms with E-state index in [1.807, 2.05) is 12.1 Å². The summed E-state index contributed by atoms with van der Waals surface area (Å²) in [7, 11) is 1.65. The van der Waals surface area contributed by atoms with E-state index in [0.717, 1.165) is 57.3 Å². The first kappa shape index (κ1) is 33.9. The number of aliphatic imine (C=N–C) groups is 1. The highest BCUT2D eigenvalue weighted by molar-refractivity contribution is 5.77. The number of aliphatic hydroxyl groups is 2. The van der Waals surface area contributed by atoms with E-state index < -0.39 is 18.3 Å². The van der Waals surface area contributed by atoms with Crippen LogP contribution in [0.15, 0.2) is 23.2 Å². The van der Waals surface area contributed by atoms with Gasteiger partial charge in [0.1, 0.15) is 12.2 Å². The minimum Gasteiger partial charge on any atom is -0.504 e. The monoisotopic (exact) mass is 591 g/mol. The first-order chi connectivity index (χ1) is 20.1. The van der Waals surface area contributed by atoms with Gasteiger partial charge in [0.2, 0.25) is 0 Å². The molecule has 0 bridgehead atoms. The molecule has 0 amide bonds. The second-order valence-electron chi connectivity index (χ2n) is 12.0. The van der Waals surface area contributed by atoms with Crippen LogP contribution < -0.4 is 26.4 Å². The fourth-order valence-electron chi connectivity index (χ4n) is 6.17. The van der Waals surface area contributed by atoms with Gasteiger partial charge in [-0.05, 0) is 107 Å². The van der Waals surface area contributed by atoms with Crippen molar-refractivity contribution in [1.82, 2.24) is 16.0 Å². The number of nitrogens with zero attached hydrogens (tertiary/aromatic N) is 1. The maximum Gasteiger partial charge on any atom is 0.302 e. The predicted molar refractivity (Wildman–Crippen MR) is 164 cm³/mol. The van der Waals surface area contributed by atoms with E-state index in [9.17, 15) is 20.1 Å². The Kier molecular flexibility index (Phi) is 14.1. The molecule has 1 aliphatic carbocycles. The normalized spacial score (nSPS) is 24.0. The molecule has 1 aromatic carbocycles. The Hall–Kier alpha value is -2.60. The van der Waals surface area contributed by atoms with Crippen molar-refractivity contribution in [2.45, 2.75) is 89.6 Å². The standard InChI is InChI=1S/C31H53N5O6/c1-20(37)17-35-18-24-7-6-23(15-25(24)19-36-31(32)33-3)29(40)16-27(41-21(2)38)8-4-22-5-9-28(39)30(14-22)42-26-10-12-34-13-11-26/h5,9,14,20,23-27,29,34-35,37,39-40H,4,6-8,10-13,15-19H2,1-3H3,(H3,32,33,36)/t20-,23+,24+,25-,27+,29+/m0/s1. The Morgan fingerprint density at radius 3 is 2.62 bits per heavy atom. The van der Waals surface area contributed by atoms with E-state index >= 15 is 0 Å². The van der Waals surface area contributed by atoms with Gasteiger partial charge >= 0.3 is 5.97 Å². The van der Waals surface area contributed by atoms with Gasteiger partial charge < -0.3 is 46.5 Å². The molecule has 42 heavy (non-hydrogen) atoms. The minimum atomic E-state index is -0.612. The quantitative estimate of drug-likeness (QED) is 0.0904. The summed E-state index contributed by atoms with van der Waals surface area (Å²) in [6.07, 6.45) is 4.59. The third kappa shape index (κ3) is 11.6. The van der Waals surface area contributed by atoms with Crippen LogP contribution in [0.4, 0.5) is 0 Å². The van der Waals surface area contributed by atoms with Crippen molar-refractivity contribution >= 4 is 11.9 Å². The van der Waals surface area contributed by atoms with Gasteiger partial charge in [0.15, 0.2) is 17.5 Å². The third-order valence-electron chi connectivity index (χ3n) is 8.55. The molecule has 1 heterocycles. The van der Waals surface area contributed by atoms with Crippen molar-refractivity contribution in [1.29, 1.82) is 0 Å². The molecule has 0 aromatic heterocycles. The summed E-state index contributed by atoms with van der Waals surface area (Å²) in [5.41, 5.74) is 6.88. The van der Waals surface area contributed by atoms with Crippen LogP contribution in [0.1, 0.15) is 64.4 Å². The number of nitrogens with two attached hydrogens (primary N) is 1. The van der Waals surface area contributed by atoms with Gasteiger partial charge in [0.05, 0.1) is 12.2 Å². The Morgan fingerprint density at radius 1 is 1.17 bits per heavy atom. The first-order valence-electron chi connectivity index (χ1n) is 15.5. The number of hydrogen-bond acceptors (Lipinski definition) is 9. The first-order valence-corrected chi connectivity index (χ1v) is 15.5. The maximum absolute atomic E-state index is 11.9. The summed E-state index contributed by atoms with van der Waals surface area (Å²) < 4.78 is 11.7. The van der Waals surface area contributed by atoms with Crippen molar-refractivity contribution in [2.24, 2.45) is 28.5 Å². The zero-order valence-corrected chi connectivity index (χ0v) is 25.6. The van der Waals surface area contributed by atoms with Crippen LogP contribution in [0.25, 0.3) is 0 Å².